The summed E-state index contributed by atoms with van der Waals surface area (Å²) in [6.07, 6.45) is 5.85. The predicted octanol–water partition coefficient (Wildman–Crippen LogP) is 3.84. The number of nitrogens with one attached hydrogen (secondary N) is 1. The highest BCUT2D eigenvalue weighted by atomic mass is 16.6. The highest BCUT2D eigenvalue weighted by Crippen LogP contribution is 2.24. The number of rotatable bonds is 9. The van der Waals surface area contributed by atoms with E-state index in [0.717, 1.165) is 32.1 Å². The number of unbranched alkanes of at least 4 members (excludes halogenated alkanes) is 1. The summed E-state index contributed by atoms with van der Waals surface area (Å²) in [6.45, 7) is 7.08. The average molecular weight is 389 g/mol. The molecule has 1 aromatic carbocycles. The van der Waals surface area contributed by atoms with Crippen LogP contribution < -0.4 is 5.32 Å². The minimum Gasteiger partial charge on any atom is -0.354 e. The third-order valence-electron chi connectivity index (χ3n) is 5.56. The molecular weight excluding hydrogens is 358 g/mol. The number of hydrogen-bond donors (Lipinski definition) is 1. The molecule has 154 valence electrons. The molecule has 1 aromatic rings. The number of amides is 2. The van der Waals surface area contributed by atoms with E-state index in [4.69, 9.17) is 0 Å². The Balaban J connectivity index is 2.03. The van der Waals surface area contributed by atoms with Crippen LogP contribution in [0.5, 0.6) is 0 Å². The maximum atomic E-state index is 12.9. The fourth-order valence-corrected chi connectivity index (χ4v) is 3.75. The standard InChI is InChI=1S/C21H31N3O4/c1-4-6-8-16(5-2)14-22-20(25)19-9-7-12-23(19)21(26)17-10-11-18(24(27)28)15(3)13-17/h10-11,13,16,19H,4-9,12,14H2,1-3H3,(H,22,25). The van der Waals surface area contributed by atoms with Gasteiger partial charge in [0.25, 0.3) is 11.6 Å². The molecule has 0 spiro atoms. The third kappa shape index (κ3) is 5.30. The lowest BCUT2D eigenvalue weighted by atomic mass is 9.99. The van der Waals surface area contributed by atoms with E-state index in [1.807, 2.05) is 0 Å². The lowest BCUT2D eigenvalue weighted by Crippen LogP contribution is -2.47. The van der Waals surface area contributed by atoms with Crippen molar-refractivity contribution in [2.45, 2.75) is 65.3 Å². The van der Waals surface area contributed by atoms with Crippen LogP contribution in [-0.2, 0) is 4.79 Å². The SMILES string of the molecule is CCCCC(CC)CNC(=O)C1CCCN1C(=O)c1ccc([N+](=O)[O-])c(C)c1. The van der Waals surface area contributed by atoms with Crippen molar-refractivity contribution in [1.29, 1.82) is 0 Å². The van der Waals surface area contributed by atoms with Gasteiger partial charge in [0.05, 0.1) is 4.92 Å². The molecule has 0 aliphatic carbocycles. The Bertz CT molecular complexity index is 720. The zero-order valence-electron chi connectivity index (χ0n) is 17.1. The van der Waals surface area contributed by atoms with Crippen LogP contribution in [0.15, 0.2) is 18.2 Å². The minimum atomic E-state index is -0.466. The summed E-state index contributed by atoms with van der Waals surface area (Å²) in [4.78, 5) is 37.7. The van der Waals surface area contributed by atoms with Gasteiger partial charge in [0.15, 0.2) is 0 Å². The summed E-state index contributed by atoms with van der Waals surface area (Å²) >= 11 is 0. The molecule has 2 unspecified atom stereocenters. The molecule has 28 heavy (non-hydrogen) atoms. The van der Waals surface area contributed by atoms with Crippen molar-refractivity contribution in [3.05, 3.63) is 39.4 Å². The van der Waals surface area contributed by atoms with Crippen LogP contribution in [-0.4, -0.2) is 40.8 Å². The topological polar surface area (TPSA) is 92.6 Å². The summed E-state index contributed by atoms with van der Waals surface area (Å²) in [6, 6.07) is 3.89. The van der Waals surface area contributed by atoms with E-state index >= 15 is 0 Å². The highest BCUT2D eigenvalue weighted by Gasteiger charge is 2.34. The lowest BCUT2D eigenvalue weighted by Gasteiger charge is -2.25. The van der Waals surface area contributed by atoms with Crippen molar-refractivity contribution in [3.8, 4) is 0 Å². The Kier molecular flexibility index (Phi) is 7.96. The molecule has 1 aliphatic rings. The lowest BCUT2D eigenvalue weighted by molar-refractivity contribution is -0.385. The summed E-state index contributed by atoms with van der Waals surface area (Å²) in [7, 11) is 0. The van der Waals surface area contributed by atoms with E-state index in [2.05, 4.69) is 19.2 Å². The van der Waals surface area contributed by atoms with Gasteiger partial charge in [-0.3, -0.25) is 19.7 Å². The molecule has 0 radical (unpaired) electrons. The van der Waals surface area contributed by atoms with E-state index in [-0.39, 0.29) is 17.5 Å². The first-order valence-corrected chi connectivity index (χ1v) is 10.2. The zero-order valence-corrected chi connectivity index (χ0v) is 17.1. The summed E-state index contributed by atoms with van der Waals surface area (Å²) < 4.78 is 0. The van der Waals surface area contributed by atoms with Gasteiger partial charge in [-0.1, -0.05) is 33.1 Å². The number of nitro benzene ring substituents is 1. The molecule has 2 atom stereocenters. The van der Waals surface area contributed by atoms with Crippen molar-refractivity contribution in [2.24, 2.45) is 5.92 Å². The smallest absolute Gasteiger partial charge is 0.272 e. The van der Waals surface area contributed by atoms with Crippen LogP contribution in [0.3, 0.4) is 0 Å². The summed E-state index contributed by atoms with van der Waals surface area (Å²) in [5.74, 6) is 0.125. The number of likely N-dealkylation sites (tertiary alicyclic amines) is 1. The second kappa shape index (κ2) is 10.2. The monoisotopic (exact) mass is 389 g/mol. The number of benzene rings is 1. The first kappa shape index (κ1) is 21.9. The Hall–Kier alpha value is -2.44. The number of nitro groups is 1. The van der Waals surface area contributed by atoms with Crippen molar-refractivity contribution >= 4 is 17.5 Å². The Morgan fingerprint density at radius 3 is 2.71 bits per heavy atom. The Morgan fingerprint density at radius 1 is 1.36 bits per heavy atom. The number of aryl methyl sites for hydroxylation is 1. The number of carbonyl (C=O) groups excluding carboxylic acids is 2. The van der Waals surface area contributed by atoms with Gasteiger partial charge in [0.1, 0.15) is 6.04 Å². The normalized spacial score (nSPS) is 17.4. The molecule has 2 rings (SSSR count). The van der Waals surface area contributed by atoms with Crippen molar-refractivity contribution in [2.75, 3.05) is 13.1 Å². The van der Waals surface area contributed by atoms with Crippen LogP contribution in [0, 0.1) is 23.0 Å². The van der Waals surface area contributed by atoms with Gasteiger partial charge in [-0.05, 0) is 44.2 Å². The van der Waals surface area contributed by atoms with E-state index in [1.165, 1.54) is 18.2 Å². The van der Waals surface area contributed by atoms with Crippen LogP contribution in [0.25, 0.3) is 0 Å². The number of carbonyl (C=O) groups is 2. The third-order valence-corrected chi connectivity index (χ3v) is 5.56. The second-order valence-electron chi connectivity index (χ2n) is 7.58. The maximum Gasteiger partial charge on any atom is 0.272 e. The van der Waals surface area contributed by atoms with Crippen LogP contribution in [0.2, 0.25) is 0 Å². The average Bonchev–Trinajstić information content (AvgIpc) is 3.16. The predicted molar refractivity (Wildman–Crippen MR) is 108 cm³/mol. The summed E-state index contributed by atoms with van der Waals surface area (Å²) in [5, 5.41) is 14.0. The molecule has 1 saturated heterocycles. The molecule has 1 heterocycles. The second-order valence-corrected chi connectivity index (χ2v) is 7.58. The van der Waals surface area contributed by atoms with E-state index < -0.39 is 11.0 Å². The highest BCUT2D eigenvalue weighted by molar-refractivity contribution is 5.98. The van der Waals surface area contributed by atoms with Crippen LogP contribution in [0.4, 0.5) is 5.69 Å². The molecule has 0 bridgehead atoms. The van der Waals surface area contributed by atoms with Gasteiger partial charge in [-0.25, -0.2) is 0 Å². The number of nitrogens with zero attached hydrogens (tertiary/aromatic N) is 2. The van der Waals surface area contributed by atoms with Gasteiger partial charge in [-0.15, -0.1) is 0 Å². The fourth-order valence-electron chi connectivity index (χ4n) is 3.75. The fraction of sp³-hybridized carbons (Fsp3) is 0.619. The quantitative estimate of drug-likeness (QED) is 0.513. The van der Waals surface area contributed by atoms with Gasteiger partial charge < -0.3 is 10.2 Å². The van der Waals surface area contributed by atoms with Crippen molar-refractivity contribution in [3.63, 3.8) is 0 Å². The van der Waals surface area contributed by atoms with Crippen LogP contribution >= 0.6 is 0 Å². The molecule has 7 heteroatoms. The van der Waals surface area contributed by atoms with E-state index in [1.54, 1.807) is 11.8 Å². The molecule has 1 N–H and O–H groups in total. The van der Waals surface area contributed by atoms with Gasteiger partial charge in [0, 0.05) is 30.3 Å². The first-order chi connectivity index (χ1) is 13.4. The summed E-state index contributed by atoms with van der Waals surface area (Å²) in [5.41, 5.74) is 0.819. The van der Waals surface area contributed by atoms with Crippen molar-refractivity contribution < 1.29 is 14.5 Å². The molecule has 1 fully saturated rings. The van der Waals surface area contributed by atoms with Gasteiger partial charge >= 0.3 is 0 Å². The Labute approximate surface area is 166 Å². The number of hydrogen-bond acceptors (Lipinski definition) is 4. The van der Waals surface area contributed by atoms with E-state index in [0.29, 0.717) is 36.6 Å². The molecule has 1 aliphatic heterocycles. The molecule has 2 amide bonds. The molecule has 0 saturated carbocycles. The zero-order chi connectivity index (χ0) is 20.7. The first-order valence-electron chi connectivity index (χ1n) is 10.2. The minimum absolute atomic E-state index is 0.00930. The van der Waals surface area contributed by atoms with Crippen LogP contribution in [0.1, 0.15) is 68.3 Å². The molecule has 7 nitrogen and oxygen atoms in total. The van der Waals surface area contributed by atoms with Gasteiger partial charge in [-0.2, -0.15) is 0 Å². The van der Waals surface area contributed by atoms with E-state index in [9.17, 15) is 19.7 Å². The Morgan fingerprint density at radius 2 is 2.11 bits per heavy atom. The molecule has 0 aromatic heterocycles. The van der Waals surface area contributed by atoms with Gasteiger partial charge in [0.2, 0.25) is 5.91 Å². The largest absolute Gasteiger partial charge is 0.354 e. The van der Waals surface area contributed by atoms with Crippen molar-refractivity contribution in [1.82, 2.24) is 10.2 Å². The maximum absolute atomic E-state index is 12.9. The molecular formula is C21H31N3O4.